The molecule has 3 aromatic rings. The van der Waals surface area contributed by atoms with E-state index >= 15 is 0 Å². The molecule has 0 atom stereocenters. The second kappa shape index (κ2) is 9.55. The van der Waals surface area contributed by atoms with E-state index in [1.165, 1.54) is 12.1 Å². The predicted octanol–water partition coefficient (Wildman–Crippen LogP) is 3.41. The molecule has 0 unspecified atom stereocenters. The van der Waals surface area contributed by atoms with Crippen molar-refractivity contribution < 1.29 is 17.6 Å². The van der Waals surface area contributed by atoms with Gasteiger partial charge in [-0.15, -0.1) is 0 Å². The van der Waals surface area contributed by atoms with Gasteiger partial charge < -0.3 is 9.15 Å². The summed E-state index contributed by atoms with van der Waals surface area (Å²) in [5.41, 5.74) is 1.70. The number of furan rings is 1. The zero-order valence-corrected chi connectivity index (χ0v) is 18.3. The average molecular weight is 442 g/mol. The van der Waals surface area contributed by atoms with Gasteiger partial charge >= 0.3 is 0 Å². The van der Waals surface area contributed by atoms with Crippen LogP contribution in [0.15, 0.2) is 76.2 Å². The van der Waals surface area contributed by atoms with Gasteiger partial charge in [-0.05, 0) is 54.1 Å². The molecule has 164 valence electrons. The standard InChI is InChI=1S/C23H27N3O4S/c1-29-21-8-10-23(11-9-21)31(27,28)24-20-6-4-19(5-7-20)17-25-12-14-26(15-13-25)18-22-3-2-16-30-22/h2-11,16,24H,12-15,17-18H2,1H3. The molecule has 2 heterocycles. The lowest BCUT2D eigenvalue weighted by Crippen LogP contribution is -2.45. The molecule has 1 aliphatic heterocycles. The molecule has 0 spiro atoms. The van der Waals surface area contributed by atoms with Crippen LogP contribution in [-0.4, -0.2) is 51.5 Å². The van der Waals surface area contributed by atoms with Crippen molar-refractivity contribution in [3.63, 3.8) is 0 Å². The summed E-state index contributed by atoms with van der Waals surface area (Å²) in [5, 5.41) is 0. The molecular formula is C23H27N3O4S. The van der Waals surface area contributed by atoms with Gasteiger partial charge in [0.25, 0.3) is 10.0 Å². The Morgan fingerprint density at radius 3 is 2.13 bits per heavy atom. The number of nitrogens with one attached hydrogen (secondary N) is 1. The molecular weight excluding hydrogens is 414 g/mol. The summed E-state index contributed by atoms with van der Waals surface area (Å²) >= 11 is 0. The highest BCUT2D eigenvalue weighted by Crippen LogP contribution is 2.20. The van der Waals surface area contributed by atoms with Gasteiger partial charge in [-0.1, -0.05) is 12.1 Å². The molecule has 8 heteroatoms. The summed E-state index contributed by atoms with van der Waals surface area (Å²) in [5.74, 6) is 1.62. The summed E-state index contributed by atoms with van der Waals surface area (Å²) in [4.78, 5) is 5.01. The van der Waals surface area contributed by atoms with Crippen molar-refractivity contribution in [3.05, 3.63) is 78.3 Å². The Morgan fingerprint density at radius 1 is 0.903 bits per heavy atom. The first-order chi connectivity index (χ1) is 15.0. The van der Waals surface area contributed by atoms with E-state index in [4.69, 9.17) is 9.15 Å². The highest BCUT2D eigenvalue weighted by molar-refractivity contribution is 7.92. The van der Waals surface area contributed by atoms with E-state index in [9.17, 15) is 8.42 Å². The van der Waals surface area contributed by atoms with Gasteiger partial charge in [-0.3, -0.25) is 14.5 Å². The Morgan fingerprint density at radius 2 is 1.55 bits per heavy atom. The van der Waals surface area contributed by atoms with Crippen LogP contribution in [0.4, 0.5) is 5.69 Å². The van der Waals surface area contributed by atoms with E-state index in [1.54, 1.807) is 25.5 Å². The molecule has 1 aliphatic rings. The fourth-order valence-corrected chi connectivity index (χ4v) is 4.69. The highest BCUT2D eigenvalue weighted by Gasteiger charge is 2.18. The average Bonchev–Trinajstić information content (AvgIpc) is 3.29. The Kier molecular flexibility index (Phi) is 6.60. The number of sulfonamides is 1. The Balaban J connectivity index is 1.29. The van der Waals surface area contributed by atoms with E-state index in [1.807, 2.05) is 36.4 Å². The van der Waals surface area contributed by atoms with Gasteiger partial charge in [-0.2, -0.15) is 0 Å². The molecule has 0 bridgehead atoms. The summed E-state index contributed by atoms with van der Waals surface area (Å²) in [7, 11) is -2.09. The number of hydrogen-bond acceptors (Lipinski definition) is 6. The van der Waals surface area contributed by atoms with Crippen LogP contribution in [0.25, 0.3) is 0 Å². The van der Waals surface area contributed by atoms with Crippen molar-refractivity contribution in [2.24, 2.45) is 0 Å². The number of nitrogens with zero attached hydrogens (tertiary/aromatic N) is 2. The first-order valence-corrected chi connectivity index (χ1v) is 11.7. The maximum atomic E-state index is 12.6. The van der Waals surface area contributed by atoms with E-state index in [-0.39, 0.29) is 4.90 Å². The third kappa shape index (κ3) is 5.66. The highest BCUT2D eigenvalue weighted by atomic mass is 32.2. The number of anilines is 1. The van der Waals surface area contributed by atoms with Crippen molar-refractivity contribution in [2.75, 3.05) is 38.0 Å². The molecule has 31 heavy (non-hydrogen) atoms. The Labute approximate surface area is 183 Å². The Bertz CT molecular complexity index is 1060. The third-order valence-corrected chi connectivity index (χ3v) is 6.80. The Hall–Kier alpha value is -2.81. The summed E-state index contributed by atoms with van der Waals surface area (Å²) < 4.78 is 38.3. The molecule has 1 aromatic heterocycles. The minimum atomic E-state index is -3.64. The number of benzene rings is 2. The molecule has 1 N–H and O–H groups in total. The maximum absolute atomic E-state index is 12.6. The second-order valence-electron chi connectivity index (χ2n) is 7.61. The van der Waals surface area contributed by atoms with Crippen molar-refractivity contribution in [2.45, 2.75) is 18.0 Å². The van der Waals surface area contributed by atoms with Crippen LogP contribution in [0.2, 0.25) is 0 Å². The molecule has 7 nitrogen and oxygen atoms in total. The van der Waals surface area contributed by atoms with Gasteiger partial charge in [-0.25, -0.2) is 8.42 Å². The molecule has 0 aliphatic carbocycles. The van der Waals surface area contributed by atoms with Crippen LogP contribution in [0, 0.1) is 0 Å². The molecule has 1 fully saturated rings. The van der Waals surface area contributed by atoms with Crippen LogP contribution in [-0.2, 0) is 23.1 Å². The van der Waals surface area contributed by atoms with Crippen molar-refractivity contribution >= 4 is 15.7 Å². The number of ether oxygens (including phenoxy) is 1. The van der Waals surface area contributed by atoms with Gasteiger partial charge in [0.15, 0.2) is 0 Å². The lowest BCUT2D eigenvalue weighted by atomic mass is 10.2. The lowest BCUT2D eigenvalue weighted by Gasteiger charge is -2.34. The van der Waals surface area contributed by atoms with Gasteiger partial charge in [0, 0.05) is 38.4 Å². The molecule has 1 saturated heterocycles. The molecule has 4 rings (SSSR count). The van der Waals surface area contributed by atoms with Gasteiger partial charge in [0.05, 0.1) is 24.8 Å². The summed E-state index contributed by atoms with van der Waals surface area (Å²) in [6.45, 7) is 5.68. The summed E-state index contributed by atoms with van der Waals surface area (Å²) in [6.07, 6.45) is 1.71. The lowest BCUT2D eigenvalue weighted by molar-refractivity contribution is 0.116. The minimum absolute atomic E-state index is 0.199. The van der Waals surface area contributed by atoms with Crippen LogP contribution in [0.3, 0.4) is 0 Å². The van der Waals surface area contributed by atoms with Crippen LogP contribution in [0.1, 0.15) is 11.3 Å². The zero-order valence-electron chi connectivity index (χ0n) is 17.5. The van der Waals surface area contributed by atoms with Crippen molar-refractivity contribution in [3.8, 4) is 5.75 Å². The van der Waals surface area contributed by atoms with Gasteiger partial charge in [0.1, 0.15) is 11.5 Å². The predicted molar refractivity (Wildman–Crippen MR) is 120 cm³/mol. The van der Waals surface area contributed by atoms with Crippen molar-refractivity contribution in [1.29, 1.82) is 0 Å². The van der Waals surface area contributed by atoms with Crippen LogP contribution >= 0.6 is 0 Å². The SMILES string of the molecule is COc1ccc(S(=O)(=O)Nc2ccc(CN3CCN(Cc4ccco4)CC3)cc2)cc1. The van der Waals surface area contributed by atoms with E-state index in [0.717, 1.165) is 50.6 Å². The monoisotopic (exact) mass is 441 g/mol. The van der Waals surface area contributed by atoms with Crippen LogP contribution < -0.4 is 9.46 Å². The number of piperazine rings is 1. The first-order valence-electron chi connectivity index (χ1n) is 10.2. The van der Waals surface area contributed by atoms with E-state index in [0.29, 0.717) is 11.4 Å². The molecule has 2 aromatic carbocycles. The fourth-order valence-electron chi connectivity index (χ4n) is 3.63. The van der Waals surface area contributed by atoms with Crippen molar-refractivity contribution in [1.82, 2.24) is 9.80 Å². The zero-order chi connectivity index (χ0) is 21.7. The summed E-state index contributed by atoms with van der Waals surface area (Å²) in [6, 6.07) is 17.8. The van der Waals surface area contributed by atoms with Gasteiger partial charge in [0.2, 0.25) is 0 Å². The second-order valence-corrected chi connectivity index (χ2v) is 9.29. The number of hydrogen-bond donors (Lipinski definition) is 1. The minimum Gasteiger partial charge on any atom is -0.497 e. The molecule has 0 amide bonds. The maximum Gasteiger partial charge on any atom is 0.261 e. The van der Waals surface area contributed by atoms with E-state index < -0.39 is 10.0 Å². The normalized spacial score (nSPS) is 15.6. The first kappa shape index (κ1) is 21.4. The van der Waals surface area contributed by atoms with Crippen LogP contribution in [0.5, 0.6) is 5.75 Å². The smallest absolute Gasteiger partial charge is 0.261 e. The number of methoxy groups -OCH3 is 1. The largest absolute Gasteiger partial charge is 0.497 e. The quantitative estimate of drug-likeness (QED) is 0.578. The number of rotatable bonds is 8. The van der Waals surface area contributed by atoms with E-state index in [2.05, 4.69) is 14.5 Å². The molecule has 0 saturated carbocycles. The third-order valence-electron chi connectivity index (χ3n) is 5.41. The molecule has 0 radical (unpaired) electrons. The topological polar surface area (TPSA) is 75.0 Å². The fraction of sp³-hybridized carbons (Fsp3) is 0.304.